The van der Waals surface area contributed by atoms with Crippen LogP contribution in [-0.4, -0.2) is 145 Å². The van der Waals surface area contributed by atoms with Crippen LogP contribution in [0.3, 0.4) is 0 Å². The molecule has 3 saturated heterocycles. The summed E-state index contributed by atoms with van der Waals surface area (Å²) >= 11 is 0. The van der Waals surface area contributed by atoms with Crippen molar-refractivity contribution in [3.8, 4) is 22.3 Å². The van der Waals surface area contributed by atoms with Gasteiger partial charge in [0, 0.05) is 79.4 Å². The minimum atomic E-state index is -4.11. The lowest BCUT2D eigenvalue weighted by atomic mass is 9.95. The SMILES string of the molecule is COCCN1CCC(C(=O)NOC2CCCCO2)(S(=O)(=O)c2ccc(-c3ccc(CCC(C)(F)F)cc3)cc2)CC1.COCCN1CCC(C(=O)OC(C)(C)C)(S(=O)(=O)c2ccc(-c3ccc(CCC(C)(F)F)cc3)cc2)CC1. The molecule has 0 saturated carbocycles. The highest BCUT2D eigenvalue weighted by Gasteiger charge is 2.55. The molecular formula is C59H79F4N3O11S2. The summed E-state index contributed by atoms with van der Waals surface area (Å²) in [6.07, 6.45) is 2.43. The summed E-state index contributed by atoms with van der Waals surface area (Å²) in [5.41, 5.74) is 6.46. The second kappa shape index (κ2) is 27.3. The predicted octanol–water partition coefficient (Wildman–Crippen LogP) is 10.3. The van der Waals surface area contributed by atoms with Crippen molar-refractivity contribution in [1.82, 2.24) is 15.3 Å². The number of ether oxygens (including phenoxy) is 4. The van der Waals surface area contributed by atoms with Crippen LogP contribution in [0.25, 0.3) is 22.3 Å². The van der Waals surface area contributed by atoms with Gasteiger partial charge in [-0.3, -0.25) is 9.59 Å². The van der Waals surface area contributed by atoms with Gasteiger partial charge in [-0.05, 0) is 144 Å². The third-order valence-corrected chi connectivity index (χ3v) is 19.8. The summed E-state index contributed by atoms with van der Waals surface area (Å²) in [4.78, 5) is 36.8. The number of likely N-dealkylation sites (tertiary alicyclic amines) is 2. The third kappa shape index (κ3) is 17.1. The second-order valence-corrected chi connectivity index (χ2v) is 26.6. The minimum absolute atomic E-state index is 0.0532. The van der Waals surface area contributed by atoms with Gasteiger partial charge in [-0.25, -0.2) is 44.7 Å². The molecule has 14 nitrogen and oxygen atoms in total. The summed E-state index contributed by atoms with van der Waals surface area (Å²) in [5.74, 6) is -6.83. The summed E-state index contributed by atoms with van der Waals surface area (Å²) in [7, 11) is -4.95. The molecule has 1 N–H and O–H groups in total. The van der Waals surface area contributed by atoms with E-state index in [0.717, 1.165) is 60.1 Å². The maximum atomic E-state index is 14.1. The van der Waals surface area contributed by atoms with Gasteiger partial charge in [0.1, 0.15) is 5.60 Å². The van der Waals surface area contributed by atoms with Gasteiger partial charge < -0.3 is 28.7 Å². The Labute approximate surface area is 464 Å². The molecule has 0 aromatic heterocycles. The number of amides is 1. The zero-order valence-corrected chi connectivity index (χ0v) is 48.3. The quantitative estimate of drug-likeness (QED) is 0.0449. The van der Waals surface area contributed by atoms with E-state index in [1.165, 1.54) is 24.3 Å². The molecular weight excluding hydrogens is 1070 g/mol. The molecule has 3 heterocycles. The molecule has 1 unspecified atom stereocenters. The van der Waals surface area contributed by atoms with Crippen molar-refractivity contribution in [1.29, 1.82) is 0 Å². The molecule has 0 aliphatic carbocycles. The van der Waals surface area contributed by atoms with Gasteiger partial charge in [-0.1, -0.05) is 72.8 Å². The number of hydroxylamine groups is 1. The average molecular weight is 1150 g/mol. The van der Waals surface area contributed by atoms with Gasteiger partial charge in [-0.2, -0.15) is 0 Å². The van der Waals surface area contributed by atoms with E-state index in [1.54, 1.807) is 83.5 Å². The van der Waals surface area contributed by atoms with Crippen molar-refractivity contribution < 1.29 is 67.8 Å². The van der Waals surface area contributed by atoms with E-state index in [0.29, 0.717) is 65.5 Å². The van der Waals surface area contributed by atoms with E-state index in [4.69, 9.17) is 23.8 Å². The van der Waals surface area contributed by atoms with Gasteiger partial charge in [0.05, 0.1) is 23.0 Å². The Balaban J connectivity index is 0.000000256. The van der Waals surface area contributed by atoms with Crippen LogP contribution in [0, 0.1) is 0 Å². The molecule has 3 aliphatic rings. The number of carbonyl (C=O) groups is 2. The van der Waals surface area contributed by atoms with Crippen molar-refractivity contribution >= 4 is 31.6 Å². The Hall–Kier alpha value is -4.80. The first kappa shape index (κ1) is 63.4. The van der Waals surface area contributed by atoms with Crippen LogP contribution in [-0.2, 0) is 65.9 Å². The Morgan fingerprint density at radius 3 is 1.33 bits per heavy atom. The molecule has 1 atom stereocenters. The van der Waals surface area contributed by atoms with E-state index in [2.05, 4.69) is 15.3 Å². The zero-order chi connectivity index (χ0) is 57.7. The lowest BCUT2D eigenvalue weighted by molar-refractivity contribution is -0.202. The number of benzene rings is 4. The highest BCUT2D eigenvalue weighted by molar-refractivity contribution is 7.94. The highest BCUT2D eigenvalue weighted by atomic mass is 32.2. The van der Waals surface area contributed by atoms with E-state index in [9.17, 15) is 44.0 Å². The molecule has 20 heteroatoms. The maximum Gasteiger partial charge on any atom is 0.328 e. The zero-order valence-electron chi connectivity index (χ0n) is 46.7. The average Bonchev–Trinajstić information content (AvgIpc) is 3.59. The number of aryl methyl sites for hydroxylation is 2. The fourth-order valence-electron chi connectivity index (χ4n) is 9.86. The number of halogens is 4. The number of rotatable bonds is 22. The summed E-state index contributed by atoms with van der Waals surface area (Å²) in [6, 6.07) is 27.5. The maximum absolute atomic E-state index is 14.1. The number of hydrogen-bond donors (Lipinski definition) is 1. The predicted molar refractivity (Wildman–Crippen MR) is 295 cm³/mol. The first-order valence-electron chi connectivity index (χ1n) is 27.1. The number of nitrogens with zero attached hydrogens (tertiary/aromatic N) is 2. The number of piperidine rings is 2. The molecule has 436 valence electrons. The lowest BCUT2D eigenvalue weighted by Crippen LogP contribution is -2.58. The van der Waals surface area contributed by atoms with Crippen LogP contribution in [0.1, 0.15) is 104 Å². The molecule has 79 heavy (non-hydrogen) atoms. The summed E-state index contributed by atoms with van der Waals surface area (Å²) < 4.78 is 127. The molecule has 0 radical (unpaired) electrons. The Morgan fingerprint density at radius 2 is 0.975 bits per heavy atom. The summed E-state index contributed by atoms with van der Waals surface area (Å²) in [5, 5.41) is 0. The smallest absolute Gasteiger partial charge is 0.328 e. The number of hydrogen-bond acceptors (Lipinski definition) is 13. The van der Waals surface area contributed by atoms with Crippen LogP contribution in [0.5, 0.6) is 0 Å². The number of methoxy groups -OCH3 is 2. The highest BCUT2D eigenvalue weighted by Crippen LogP contribution is 2.40. The number of alkyl halides is 4. The largest absolute Gasteiger partial charge is 0.459 e. The molecule has 3 fully saturated rings. The monoisotopic (exact) mass is 1150 g/mol. The first-order chi connectivity index (χ1) is 37.2. The molecule has 0 bridgehead atoms. The molecule has 7 rings (SSSR count). The fourth-order valence-corrected chi connectivity index (χ4v) is 13.7. The standard InChI is InChI=1S/C30H40F2N2O6S.C29H39F2NO5S/c1-29(31,32)15-14-23-6-8-24(9-7-23)25-10-12-26(13-11-25)41(36,37)30(16-18-34(19-17-30)20-22-38-2)28(35)33-40-27-5-3-4-21-39-27;1-27(2,3)37-26(33)29(16-18-32(19-17-29)20-21-36-5)38(34,35)25-12-10-24(11-13-25)23-8-6-22(7-9-23)14-15-28(4,30)31/h6-13,27H,3-5,14-22H2,1-2H3,(H,33,35);6-13H,14-21H2,1-5H3. The summed E-state index contributed by atoms with van der Waals surface area (Å²) in [6.45, 7) is 11.6. The van der Waals surface area contributed by atoms with Crippen LogP contribution >= 0.6 is 0 Å². The van der Waals surface area contributed by atoms with E-state index < -0.39 is 64.8 Å². The topological polar surface area (TPSA) is 167 Å². The number of esters is 1. The van der Waals surface area contributed by atoms with Gasteiger partial charge in [0.25, 0.3) is 5.91 Å². The first-order valence-corrected chi connectivity index (χ1v) is 30.0. The fraction of sp³-hybridized carbons (Fsp3) is 0.559. The molecule has 0 spiro atoms. The van der Waals surface area contributed by atoms with Gasteiger partial charge in [0.2, 0.25) is 11.8 Å². The third-order valence-electron chi connectivity index (χ3n) is 14.8. The molecule has 4 aromatic carbocycles. The number of carbonyl (C=O) groups excluding carboxylic acids is 2. The van der Waals surface area contributed by atoms with E-state index >= 15 is 0 Å². The van der Waals surface area contributed by atoms with Crippen molar-refractivity contribution in [2.45, 2.75) is 148 Å². The Kier molecular flexibility index (Phi) is 21.9. The van der Waals surface area contributed by atoms with Gasteiger partial charge in [-0.15, -0.1) is 0 Å². The molecule has 1 amide bonds. The van der Waals surface area contributed by atoms with Crippen molar-refractivity contribution in [3.63, 3.8) is 0 Å². The van der Waals surface area contributed by atoms with Crippen molar-refractivity contribution in [2.75, 3.05) is 73.3 Å². The Bertz CT molecular complexity index is 2800. The van der Waals surface area contributed by atoms with E-state index in [1.807, 2.05) is 24.3 Å². The van der Waals surface area contributed by atoms with Gasteiger partial charge >= 0.3 is 5.97 Å². The van der Waals surface area contributed by atoms with Crippen LogP contribution in [0.2, 0.25) is 0 Å². The van der Waals surface area contributed by atoms with Crippen molar-refractivity contribution in [3.05, 3.63) is 108 Å². The van der Waals surface area contributed by atoms with Crippen molar-refractivity contribution in [2.24, 2.45) is 0 Å². The molecule has 4 aromatic rings. The lowest BCUT2D eigenvalue weighted by Gasteiger charge is -2.40. The number of nitrogens with one attached hydrogen (secondary N) is 1. The van der Waals surface area contributed by atoms with E-state index in [-0.39, 0.29) is 61.2 Å². The normalized spacial score (nSPS) is 18.5. The second-order valence-electron chi connectivity index (χ2n) is 22.1. The van der Waals surface area contributed by atoms with Crippen LogP contribution in [0.4, 0.5) is 17.6 Å². The van der Waals surface area contributed by atoms with Crippen LogP contribution in [0.15, 0.2) is 107 Å². The minimum Gasteiger partial charge on any atom is -0.459 e. The van der Waals surface area contributed by atoms with Crippen LogP contribution < -0.4 is 5.48 Å². The Morgan fingerprint density at radius 1 is 0.595 bits per heavy atom. The number of sulfone groups is 2. The van der Waals surface area contributed by atoms with Gasteiger partial charge in [0.15, 0.2) is 35.5 Å². The molecule has 3 aliphatic heterocycles.